The van der Waals surface area contributed by atoms with Crippen LogP contribution in [0.4, 0.5) is 0 Å². The predicted molar refractivity (Wildman–Crippen MR) is 66.9 cm³/mol. The summed E-state index contributed by atoms with van der Waals surface area (Å²) < 4.78 is 15.9. The maximum absolute atomic E-state index is 5.53. The van der Waals surface area contributed by atoms with Crippen LogP contribution in [0.5, 0.6) is 0 Å². The minimum absolute atomic E-state index is 0.542. The van der Waals surface area contributed by atoms with E-state index in [0.29, 0.717) is 13.2 Å². The van der Waals surface area contributed by atoms with Gasteiger partial charge in [-0.1, -0.05) is 6.92 Å². The quantitative estimate of drug-likeness (QED) is 0.638. The molecule has 4 nitrogen and oxygen atoms in total. The van der Waals surface area contributed by atoms with Gasteiger partial charge in [-0.3, -0.25) is 0 Å². The molecule has 0 atom stereocenters. The van der Waals surface area contributed by atoms with Crippen LogP contribution in [0.1, 0.15) is 31.1 Å². The van der Waals surface area contributed by atoms with Crippen molar-refractivity contribution in [3.05, 3.63) is 23.7 Å². The van der Waals surface area contributed by atoms with Gasteiger partial charge in [-0.2, -0.15) is 0 Å². The van der Waals surface area contributed by atoms with Gasteiger partial charge in [0.05, 0.1) is 6.26 Å². The highest BCUT2D eigenvalue weighted by Gasteiger charge is 2.05. The van der Waals surface area contributed by atoms with Gasteiger partial charge in [-0.05, 0) is 25.5 Å². The highest BCUT2D eigenvalue weighted by atomic mass is 16.5. The third kappa shape index (κ3) is 5.86. The molecule has 0 spiro atoms. The molecule has 4 heteroatoms. The monoisotopic (exact) mass is 241 g/mol. The summed E-state index contributed by atoms with van der Waals surface area (Å²) >= 11 is 0. The maximum Gasteiger partial charge on any atom is 0.133 e. The van der Waals surface area contributed by atoms with Crippen molar-refractivity contribution < 1.29 is 13.9 Å². The topological polar surface area (TPSA) is 43.6 Å². The zero-order valence-corrected chi connectivity index (χ0v) is 10.8. The lowest BCUT2D eigenvalue weighted by atomic mass is 10.2. The molecule has 0 aliphatic rings. The van der Waals surface area contributed by atoms with E-state index in [1.54, 1.807) is 13.4 Å². The summed E-state index contributed by atoms with van der Waals surface area (Å²) in [4.78, 5) is 0. The van der Waals surface area contributed by atoms with Gasteiger partial charge in [0.15, 0.2) is 0 Å². The molecule has 1 aromatic rings. The summed E-state index contributed by atoms with van der Waals surface area (Å²) in [5.41, 5.74) is 1.19. The average molecular weight is 241 g/mol. The Hall–Kier alpha value is -0.840. The molecule has 0 aromatic carbocycles. The Balaban J connectivity index is 2.20. The molecule has 17 heavy (non-hydrogen) atoms. The van der Waals surface area contributed by atoms with Crippen LogP contribution in [0.15, 0.2) is 16.7 Å². The lowest BCUT2D eigenvalue weighted by Crippen LogP contribution is -2.14. The zero-order chi connectivity index (χ0) is 12.3. The van der Waals surface area contributed by atoms with Gasteiger partial charge in [0.1, 0.15) is 12.4 Å². The van der Waals surface area contributed by atoms with Crippen molar-refractivity contribution in [3.8, 4) is 0 Å². The Morgan fingerprint density at radius 3 is 3.00 bits per heavy atom. The number of nitrogens with one attached hydrogen (secondary N) is 1. The molecule has 1 heterocycles. The SMILES string of the molecule is CCCNCc1ccoc1COCCCOC. The van der Waals surface area contributed by atoms with E-state index in [9.17, 15) is 0 Å². The molecule has 1 aromatic heterocycles. The summed E-state index contributed by atoms with van der Waals surface area (Å²) in [6, 6.07) is 2.00. The fourth-order valence-electron chi connectivity index (χ4n) is 1.52. The minimum Gasteiger partial charge on any atom is -0.467 e. The molecule has 1 N–H and O–H groups in total. The molecule has 0 saturated heterocycles. The highest BCUT2D eigenvalue weighted by molar-refractivity contribution is 5.16. The summed E-state index contributed by atoms with van der Waals surface area (Å²) in [6.45, 7) is 6.02. The van der Waals surface area contributed by atoms with Gasteiger partial charge < -0.3 is 19.2 Å². The van der Waals surface area contributed by atoms with Crippen LogP contribution in [0.3, 0.4) is 0 Å². The van der Waals surface area contributed by atoms with Crippen molar-refractivity contribution in [3.63, 3.8) is 0 Å². The van der Waals surface area contributed by atoms with E-state index >= 15 is 0 Å². The van der Waals surface area contributed by atoms with Crippen LogP contribution in [-0.2, 0) is 22.6 Å². The number of furan rings is 1. The normalized spacial score (nSPS) is 10.9. The van der Waals surface area contributed by atoms with Gasteiger partial charge in [0.25, 0.3) is 0 Å². The Morgan fingerprint density at radius 1 is 1.35 bits per heavy atom. The fourth-order valence-corrected chi connectivity index (χ4v) is 1.52. The second-order valence-electron chi connectivity index (χ2n) is 3.94. The third-order valence-electron chi connectivity index (χ3n) is 2.45. The lowest BCUT2D eigenvalue weighted by Gasteiger charge is -2.05. The zero-order valence-electron chi connectivity index (χ0n) is 10.8. The lowest BCUT2D eigenvalue weighted by molar-refractivity contribution is 0.0821. The molecule has 1 rings (SSSR count). The van der Waals surface area contributed by atoms with E-state index in [1.165, 1.54) is 5.56 Å². The third-order valence-corrected chi connectivity index (χ3v) is 2.45. The molecular formula is C13H23NO3. The van der Waals surface area contributed by atoms with E-state index < -0.39 is 0 Å². The highest BCUT2D eigenvalue weighted by Crippen LogP contribution is 2.11. The second kappa shape index (κ2) is 9.22. The summed E-state index contributed by atoms with van der Waals surface area (Å²) in [7, 11) is 1.70. The second-order valence-corrected chi connectivity index (χ2v) is 3.94. The first-order valence-corrected chi connectivity index (χ1v) is 6.21. The number of ether oxygens (including phenoxy) is 2. The van der Waals surface area contributed by atoms with Crippen molar-refractivity contribution in [2.24, 2.45) is 0 Å². The average Bonchev–Trinajstić information content (AvgIpc) is 2.77. The largest absolute Gasteiger partial charge is 0.467 e. The van der Waals surface area contributed by atoms with Crippen LogP contribution < -0.4 is 5.32 Å². The molecule has 0 aliphatic heterocycles. The van der Waals surface area contributed by atoms with Crippen LogP contribution in [-0.4, -0.2) is 26.9 Å². The number of hydrogen-bond donors (Lipinski definition) is 1. The van der Waals surface area contributed by atoms with E-state index in [1.807, 2.05) is 6.07 Å². The van der Waals surface area contributed by atoms with E-state index in [0.717, 1.165) is 38.3 Å². The molecule has 0 bridgehead atoms. The first-order valence-electron chi connectivity index (χ1n) is 6.21. The fraction of sp³-hybridized carbons (Fsp3) is 0.692. The van der Waals surface area contributed by atoms with Crippen molar-refractivity contribution >= 4 is 0 Å². The van der Waals surface area contributed by atoms with Crippen molar-refractivity contribution in [2.75, 3.05) is 26.9 Å². The molecule has 0 amide bonds. The van der Waals surface area contributed by atoms with Crippen LogP contribution in [0.25, 0.3) is 0 Å². The Morgan fingerprint density at radius 2 is 2.24 bits per heavy atom. The molecule has 0 fully saturated rings. The van der Waals surface area contributed by atoms with Gasteiger partial charge in [0.2, 0.25) is 0 Å². The molecule has 0 saturated carbocycles. The van der Waals surface area contributed by atoms with E-state index in [-0.39, 0.29) is 0 Å². The first kappa shape index (κ1) is 14.2. The Kier molecular flexibility index (Phi) is 7.71. The minimum atomic E-state index is 0.542. The first-order chi connectivity index (χ1) is 8.38. The molecule has 0 radical (unpaired) electrons. The van der Waals surface area contributed by atoms with Crippen LogP contribution >= 0.6 is 0 Å². The summed E-state index contributed by atoms with van der Waals surface area (Å²) in [6.07, 6.45) is 3.78. The Bertz CT molecular complexity index is 286. The molecular weight excluding hydrogens is 218 g/mol. The van der Waals surface area contributed by atoms with E-state index in [4.69, 9.17) is 13.9 Å². The maximum atomic E-state index is 5.53. The number of hydrogen-bond acceptors (Lipinski definition) is 4. The van der Waals surface area contributed by atoms with Crippen molar-refractivity contribution in [2.45, 2.75) is 32.9 Å². The molecule has 0 aliphatic carbocycles. The number of methoxy groups -OCH3 is 1. The van der Waals surface area contributed by atoms with Crippen molar-refractivity contribution in [1.82, 2.24) is 5.32 Å². The van der Waals surface area contributed by atoms with Gasteiger partial charge in [-0.25, -0.2) is 0 Å². The van der Waals surface area contributed by atoms with E-state index in [2.05, 4.69) is 12.2 Å². The standard InChI is InChI=1S/C13H23NO3/c1-3-6-14-10-12-5-9-17-13(12)11-16-8-4-7-15-2/h5,9,14H,3-4,6-8,10-11H2,1-2H3. The predicted octanol–water partition coefficient (Wildman–Crippen LogP) is 2.33. The Labute approximate surface area is 103 Å². The molecule has 98 valence electrons. The van der Waals surface area contributed by atoms with Gasteiger partial charge in [0, 0.05) is 32.4 Å². The van der Waals surface area contributed by atoms with Crippen LogP contribution in [0, 0.1) is 0 Å². The molecule has 0 unspecified atom stereocenters. The van der Waals surface area contributed by atoms with Crippen LogP contribution in [0.2, 0.25) is 0 Å². The summed E-state index contributed by atoms with van der Waals surface area (Å²) in [5, 5.41) is 3.35. The smallest absolute Gasteiger partial charge is 0.133 e. The van der Waals surface area contributed by atoms with Gasteiger partial charge in [-0.15, -0.1) is 0 Å². The van der Waals surface area contributed by atoms with Crippen molar-refractivity contribution in [1.29, 1.82) is 0 Å². The van der Waals surface area contributed by atoms with Gasteiger partial charge >= 0.3 is 0 Å². The summed E-state index contributed by atoms with van der Waals surface area (Å²) in [5.74, 6) is 0.922. The number of rotatable bonds is 10.